The van der Waals surface area contributed by atoms with Gasteiger partial charge in [0, 0.05) is 24.1 Å². The second-order valence-corrected chi connectivity index (χ2v) is 14.0. The van der Waals surface area contributed by atoms with Crippen LogP contribution in [0.3, 0.4) is 0 Å². The molecule has 2 rings (SSSR count). The predicted octanol–water partition coefficient (Wildman–Crippen LogP) is -3.75. The third kappa shape index (κ3) is 14.0. The molecule has 0 saturated carbocycles. The number of nitrogens with zero attached hydrogens (tertiary/aromatic N) is 1. The lowest BCUT2D eigenvalue weighted by atomic mass is 10.0. The second kappa shape index (κ2) is 19.3. The fourth-order valence-corrected chi connectivity index (χ4v) is 5.94. The van der Waals surface area contributed by atoms with Gasteiger partial charge in [0.1, 0.15) is 36.3 Å². The summed E-state index contributed by atoms with van der Waals surface area (Å²) in [6.45, 7) is 4.69. The Kier molecular flexibility index (Phi) is 16.3. The van der Waals surface area contributed by atoms with Crippen molar-refractivity contribution in [3.05, 3.63) is 18.2 Å². The van der Waals surface area contributed by atoms with Crippen molar-refractivity contribution in [1.82, 2.24) is 41.9 Å². The Bertz CT molecular complexity index is 1430. The number of carboxylic acid groups (broad SMARTS) is 1. The van der Waals surface area contributed by atoms with Gasteiger partial charge in [0.25, 0.3) is 0 Å². The van der Waals surface area contributed by atoms with Crippen molar-refractivity contribution in [3.8, 4) is 0 Å². The largest absolute Gasteiger partial charge is 0.480 e. The summed E-state index contributed by atoms with van der Waals surface area (Å²) in [6.07, 6.45) is 0.868. The zero-order chi connectivity index (χ0) is 37.8. The number of aliphatic carboxylic acids is 1. The molecule has 7 atom stereocenters. The van der Waals surface area contributed by atoms with Crippen molar-refractivity contribution in [3.63, 3.8) is 0 Å². The van der Waals surface area contributed by atoms with Crippen LogP contribution in [0.25, 0.3) is 0 Å². The van der Waals surface area contributed by atoms with Crippen molar-refractivity contribution < 1.29 is 62.7 Å². The van der Waals surface area contributed by atoms with Crippen molar-refractivity contribution in [2.24, 2.45) is 5.92 Å². The first kappa shape index (κ1) is 42.1. The van der Waals surface area contributed by atoms with Gasteiger partial charge in [-0.1, -0.05) is 13.8 Å². The van der Waals surface area contributed by atoms with Crippen LogP contribution in [0, 0.1) is 5.92 Å². The van der Waals surface area contributed by atoms with E-state index in [1.807, 2.05) is 0 Å². The number of carbonyl (C=O) groups excluding carboxylic acids is 6. The van der Waals surface area contributed by atoms with Crippen LogP contribution in [0.4, 0.5) is 0 Å². The Hall–Kier alpha value is -4.08. The molecule has 50 heavy (non-hydrogen) atoms. The van der Waals surface area contributed by atoms with Crippen LogP contribution in [0.2, 0.25) is 0 Å². The molecule has 0 radical (unpaired) electrons. The quantitative estimate of drug-likeness (QED) is 0.108. The number of thioether (sulfide) groups is 1. The summed E-state index contributed by atoms with van der Waals surface area (Å²) in [6, 6.07) is -9.32. The van der Waals surface area contributed by atoms with Crippen LogP contribution >= 0.6 is 19.6 Å². The van der Waals surface area contributed by atoms with Gasteiger partial charge in [-0.25, -0.2) is 14.3 Å². The molecule has 0 bridgehead atoms. The second-order valence-electron chi connectivity index (χ2n) is 11.8. The number of aromatic nitrogens is 2. The lowest BCUT2D eigenvalue weighted by Crippen LogP contribution is -2.62. The van der Waals surface area contributed by atoms with Gasteiger partial charge in [0.15, 0.2) is 0 Å². The summed E-state index contributed by atoms with van der Waals surface area (Å²) >= 11 is 0.829. The van der Waals surface area contributed by atoms with Gasteiger partial charge in [0.2, 0.25) is 35.4 Å². The lowest BCUT2D eigenvalue weighted by molar-refractivity contribution is -0.141. The number of hydrogen-bond donors (Lipinski definition) is 11. The van der Waals surface area contributed by atoms with Crippen LogP contribution in [-0.4, -0.2) is 132 Å². The van der Waals surface area contributed by atoms with Crippen LogP contribution < -0.4 is 31.9 Å². The number of H-pyrrole nitrogens is 1. The van der Waals surface area contributed by atoms with E-state index in [9.17, 15) is 58.1 Å². The molecule has 23 heteroatoms. The van der Waals surface area contributed by atoms with Crippen molar-refractivity contribution >= 4 is 61.0 Å². The first-order valence-electron chi connectivity index (χ1n) is 15.2. The number of amides is 6. The average molecular weight is 751 g/mol. The number of aliphatic hydroxyl groups excluding tert-OH is 1. The van der Waals surface area contributed by atoms with Crippen LogP contribution in [0.5, 0.6) is 0 Å². The fraction of sp³-hybridized carbons (Fsp3) is 0.630. The van der Waals surface area contributed by atoms with Gasteiger partial charge < -0.3 is 56.9 Å². The number of phosphoric ester groups is 1. The summed E-state index contributed by atoms with van der Waals surface area (Å²) in [5, 5.41) is 33.6. The van der Waals surface area contributed by atoms with Crippen LogP contribution in [-0.2, 0) is 49.1 Å². The van der Waals surface area contributed by atoms with E-state index >= 15 is 0 Å². The van der Waals surface area contributed by atoms with E-state index in [0.29, 0.717) is 5.69 Å². The molecule has 0 spiro atoms. The number of phosphoric acid groups is 1. The zero-order valence-corrected chi connectivity index (χ0v) is 29.3. The van der Waals surface area contributed by atoms with Crippen molar-refractivity contribution in [1.29, 1.82) is 0 Å². The summed E-state index contributed by atoms with van der Waals surface area (Å²) < 4.78 is 16.1. The average Bonchev–Trinajstić information content (AvgIpc) is 3.52. The highest BCUT2D eigenvalue weighted by atomic mass is 32.2. The molecular formula is C27H43N8O13PS. The number of aliphatic hydroxyl groups is 1. The molecule has 11 N–H and O–H groups in total. The zero-order valence-electron chi connectivity index (χ0n) is 27.6. The van der Waals surface area contributed by atoms with Gasteiger partial charge in [-0.15, -0.1) is 11.8 Å². The van der Waals surface area contributed by atoms with E-state index in [1.165, 1.54) is 12.5 Å². The molecule has 280 valence electrons. The first-order chi connectivity index (χ1) is 23.3. The van der Waals surface area contributed by atoms with Gasteiger partial charge in [-0.2, -0.15) is 0 Å². The van der Waals surface area contributed by atoms with Gasteiger partial charge in [-0.3, -0.25) is 33.3 Å². The standard InChI is InChI=1S/C27H43N8O13PS/c1-12(2)5-16-23(39)32-17(6-15-7-28-11-29-15)24(40)33-18(8-36)25(41)35-21(14(4)48-49(45,46)47)26(42)30-13(3)22(38)34-19(27(43)44)9-50-10-20(37)31-16/h7,11-14,16-19,21,36H,5-6,8-10H2,1-4H3,(H,28,29)(H,30,42)(H,31,37)(H,32,39)(H,33,40)(H,34,38)(H,35,41)(H,43,44)(H2,45,46,47)/t13-,14+,16-,17-,18-,19-,21-/m0/s1. The van der Waals surface area contributed by atoms with Crippen molar-refractivity contribution in [2.75, 3.05) is 18.1 Å². The molecule has 2 heterocycles. The van der Waals surface area contributed by atoms with Crippen LogP contribution in [0.1, 0.15) is 39.8 Å². The molecule has 1 saturated heterocycles. The third-order valence-corrected chi connectivity index (χ3v) is 8.67. The molecule has 21 nitrogen and oxygen atoms in total. The predicted molar refractivity (Wildman–Crippen MR) is 174 cm³/mol. The lowest BCUT2D eigenvalue weighted by Gasteiger charge is -2.28. The van der Waals surface area contributed by atoms with E-state index in [1.54, 1.807) is 13.8 Å². The number of imidazole rings is 1. The van der Waals surface area contributed by atoms with Crippen LogP contribution in [0.15, 0.2) is 12.5 Å². The molecule has 1 aromatic rings. The van der Waals surface area contributed by atoms with E-state index in [0.717, 1.165) is 25.6 Å². The van der Waals surface area contributed by atoms with Gasteiger partial charge >= 0.3 is 13.8 Å². The minimum Gasteiger partial charge on any atom is -0.480 e. The van der Waals surface area contributed by atoms with Crippen molar-refractivity contribution in [2.45, 2.75) is 82.9 Å². The van der Waals surface area contributed by atoms with E-state index in [4.69, 9.17) is 0 Å². The summed E-state index contributed by atoms with van der Waals surface area (Å²) in [5.74, 6) is -8.08. The molecular weight excluding hydrogens is 707 g/mol. The van der Waals surface area contributed by atoms with E-state index < -0.39 is 98.2 Å². The molecule has 0 unspecified atom stereocenters. The third-order valence-electron chi connectivity index (χ3n) is 7.02. The number of hydrogen-bond acceptors (Lipinski definition) is 12. The normalized spacial score (nSPS) is 26.3. The maximum absolute atomic E-state index is 13.5. The topological polar surface area (TPSA) is 328 Å². The van der Waals surface area contributed by atoms with E-state index in [2.05, 4.69) is 46.4 Å². The highest BCUT2D eigenvalue weighted by Gasteiger charge is 2.37. The molecule has 1 aliphatic heterocycles. The Morgan fingerprint density at radius 2 is 1.54 bits per heavy atom. The molecule has 6 amide bonds. The van der Waals surface area contributed by atoms with Gasteiger partial charge in [0.05, 0.1) is 24.8 Å². The highest BCUT2D eigenvalue weighted by Crippen LogP contribution is 2.38. The maximum Gasteiger partial charge on any atom is 0.469 e. The maximum atomic E-state index is 13.5. The Morgan fingerprint density at radius 3 is 2.10 bits per heavy atom. The smallest absolute Gasteiger partial charge is 0.469 e. The SMILES string of the molecule is CC(C)C[C@@H]1NC(=O)CSC[C@@H](C(=O)O)NC(=O)[C@H](C)NC(=O)[C@H]([C@@H](C)OP(=O)(O)O)NC(=O)[C@H](CO)NC(=O)[C@H](Cc2cnc[nH]2)NC1=O. The number of aromatic amines is 1. The highest BCUT2D eigenvalue weighted by molar-refractivity contribution is 8.00. The Labute approximate surface area is 290 Å². The number of nitrogens with one attached hydrogen (secondary N) is 7. The first-order valence-corrected chi connectivity index (χ1v) is 17.9. The molecule has 1 aliphatic rings. The van der Waals surface area contributed by atoms with E-state index in [-0.39, 0.29) is 30.3 Å². The fourth-order valence-electron chi connectivity index (χ4n) is 4.54. The summed E-state index contributed by atoms with van der Waals surface area (Å²) in [7, 11) is -5.25. The summed E-state index contributed by atoms with van der Waals surface area (Å²) in [5.41, 5.74) is 0.382. The summed E-state index contributed by atoms with van der Waals surface area (Å²) in [4.78, 5) is 116. The molecule has 0 aliphatic carbocycles. The number of rotatable bonds is 9. The molecule has 1 fully saturated rings. The minimum atomic E-state index is -5.25. The molecule has 0 aromatic carbocycles. The monoisotopic (exact) mass is 750 g/mol. The molecule has 1 aromatic heterocycles. The Morgan fingerprint density at radius 1 is 0.920 bits per heavy atom. The minimum absolute atomic E-state index is 0.120. The Balaban J connectivity index is 2.53. The van der Waals surface area contributed by atoms with Gasteiger partial charge in [-0.05, 0) is 26.2 Å². The number of carbonyl (C=O) groups is 7. The number of carboxylic acids is 1.